The zero-order chi connectivity index (χ0) is 24.6. The number of para-hydroxylation sites is 1. The number of imidazole rings is 1. The fraction of sp³-hybridized carbons (Fsp3) is 0.200. The summed E-state index contributed by atoms with van der Waals surface area (Å²) in [6, 6.07) is 13.8. The van der Waals surface area contributed by atoms with Gasteiger partial charge in [-0.05, 0) is 55.4 Å². The van der Waals surface area contributed by atoms with Crippen LogP contribution in [0.3, 0.4) is 0 Å². The number of carbonyl (C=O) groups is 1. The molecule has 3 aromatic carbocycles. The van der Waals surface area contributed by atoms with Gasteiger partial charge in [0.25, 0.3) is 5.91 Å². The molecule has 0 radical (unpaired) electrons. The number of nitrogens with one attached hydrogen (secondary N) is 3. The van der Waals surface area contributed by atoms with Crippen LogP contribution < -0.4 is 15.4 Å². The smallest absolute Gasteiger partial charge is 0.417 e. The van der Waals surface area contributed by atoms with Crippen molar-refractivity contribution >= 4 is 22.6 Å². The number of aromatic amines is 1. The first-order valence-electron chi connectivity index (χ1n) is 10.9. The van der Waals surface area contributed by atoms with Gasteiger partial charge in [0.2, 0.25) is 0 Å². The fourth-order valence-electron chi connectivity index (χ4n) is 4.07. The van der Waals surface area contributed by atoms with Gasteiger partial charge in [0.15, 0.2) is 0 Å². The molecule has 5 rings (SSSR count). The first-order chi connectivity index (χ1) is 16.8. The quantitative estimate of drug-likeness (QED) is 0.333. The Kier molecular flexibility index (Phi) is 5.89. The molecule has 1 unspecified atom stereocenters. The van der Waals surface area contributed by atoms with E-state index >= 15 is 0 Å². The first kappa shape index (κ1) is 22.9. The molecule has 10 heteroatoms. The van der Waals surface area contributed by atoms with Crippen molar-refractivity contribution in [3.63, 3.8) is 0 Å². The Morgan fingerprint density at radius 3 is 2.69 bits per heavy atom. The molecule has 4 aromatic rings. The zero-order valence-corrected chi connectivity index (χ0v) is 18.2. The van der Waals surface area contributed by atoms with Crippen LogP contribution in [-0.4, -0.2) is 35.1 Å². The number of halogens is 4. The average Bonchev–Trinajstić information content (AvgIpc) is 3.48. The van der Waals surface area contributed by atoms with E-state index in [0.717, 1.165) is 31.6 Å². The van der Waals surface area contributed by atoms with E-state index in [4.69, 9.17) is 4.74 Å². The van der Waals surface area contributed by atoms with Gasteiger partial charge in [0.1, 0.15) is 29.0 Å². The largest absolute Gasteiger partial charge is 0.489 e. The molecule has 0 saturated carbocycles. The van der Waals surface area contributed by atoms with Gasteiger partial charge in [0, 0.05) is 23.9 Å². The molecule has 1 aromatic heterocycles. The number of H-pyrrole nitrogens is 1. The molecule has 3 N–H and O–H groups in total. The van der Waals surface area contributed by atoms with Crippen molar-refractivity contribution < 1.29 is 27.1 Å². The standard InChI is InChI=1S/C25H20F4N4O2/c26-14-7-8-20(25(27,28)29)19(11-14)23-32-21-6-2-5-18(22(21)33-23)24(34)31-15-3-1-4-16(12-15)35-17-9-10-30-13-17/h1-8,11-12,17,30H,9-10,13H2,(H,31,34)(H,32,33). The van der Waals surface area contributed by atoms with Crippen molar-refractivity contribution in [2.45, 2.75) is 18.7 Å². The number of aromatic nitrogens is 2. The second kappa shape index (κ2) is 9.03. The number of carbonyl (C=O) groups excluding carboxylic acids is 1. The van der Waals surface area contributed by atoms with Gasteiger partial charge >= 0.3 is 6.18 Å². The summed E-state index contributed by atoms with van der Waals surface area (Å²) in [4.78, 5) is 20.1. The lowest BCUT2D eigenvalue weighted by atomic mass is 10.1. The van der Waals surface area contributed by atoms with Crippen molar-refractivity contribution in [3.05, 3.63) is 77.6 Å². The second-order valence-electron chi connectivity index (χ2n) is 8.19. The molecule has 0 spiro atoms. The molecule has 1 atom stereocenters. The van der Waals surface area contributed by atoms with Gasteiger partial charge in [-0.1, -0.05) is 12.1 Å². The molecule has 1 amide bonds. The van der Waals surface area contributed by atoms with Gasteiger partial charge < -0.3 is 20.4 Å². The predicted octanol–water partition coefficient (Wildman–Crippen LogP) is 5.38. The number of alkyl halides is 3. The molecule has 0 bridgehead atoms. The lowest BCUT2D eigenvalue weighted by molar-refractivity contribution is -0.137. The highest BCUT2D eigenvalue weighted by Gasteiger charge is 2.34. The van der Waals surface area contributed by atoms with E-state index < -0.39 is 29.0 Å². The summed E-state index contributed by atoms with van der Waals surface area (Å²) < 4.78 is 60.2. The number of benzene rings is 3. The van der Waals surface area contributed by atoms with Crippen molar-refractivity contribution in [2.24, 2.45) is 0 Å². The lowest BCUT2D eigenvalue weighted by Crippen LogP contribution is -2.19. The molecule has 2 heterocycles. The molecule has 6 nitrogen and oxygen atoms in total. The average molecular weight is 484 g/mol. The van der Waals surface area contributed by atoms with E-state index in [0.29, 0.717) is 23.0 Å². The molecular weight excluding hydrogens is 464 g/mol. The highest BCUT2D eigenvalue weighted by Crippen LogP contribution is 2.37. The van der Waals surface area contributed by atoms with Crippen LogP contribution in [0.25, 0.3) is 22.4 Å². The number of hydrogen-bond donors (Lipinski definition) is 3. The molecule has 1 aliphatic rings. The van der Waals surface area contributed by atoms with E-state index in [2.05, 4.69) is 20.6 Å². The summed E-state index contributed by atoms with van der Waals surface area (Å²) in [6.45, 7) is 1.64. The third-order valence-corrected chi connectivity index (χ3v) is 5.71. The van der Waals surface area contributed by atoms with Crippen LogP contribution in [0.5, 0.6) is 5.75 Å². The van der Waals surface area contributed by atoms with Crippen LogP contribution in [0.4, 0.5) is 23.2 Å². The molecule has 1 saturated heterocycles. The Labute approximate surface area is 197 Å². The fourth-order valence-corrected chi connectivity index (χ4v) is 4.07. The van der Waals surface area contributed by atoms with E-state index in [1.807, 2.05) is 0 Å². The van der Waals surface area contributed by atoms with Crippen LogP contribution in [0.2, 0.25) is 0 Å². The monoisotopic (exact) mass is 484 g/mol. The van der Waals surface area contributed by atoms with Gasteiger partial charge in [-0.25, -0.2) is 9.37 Å². The summed E-state index contributed by atoms with van der Waals surface area (Å²) >= 11 is 0. The molecule has 180 valence electrons. The van der Waals surface area contributed by atoms with E-state index in [-0.39, 0.29) is 23.0 Å². The minimum atomic E-state index is -4.70. The van der Waals surface area contributed by atoms with Crippen molar-refractivity contribution in [1.29, 1.82) is 0 Å². The Morgan fingerprint density at radius 1 is 1.09 bits per heavy atom. The van der Waals surface area contributed by atoms with E-state index in [1.165, 1.54) is 6.07 Å². The number of ether oxygens (including phenoxy) is 1. The van der Waals surface area contributed by atoms with Crippen LogP contribution >= 0.6 is 0 Å². The maximum Gasteiger partial charge on any atom is 0.417 e. The number of anilines is 1. The van der Waals surface area contributed by atoms with Crippen molar-refractivity contribution in [2.75, 3.05) is 18.4 Å². The van der Waals surface area contributed by atoms with E-state index in [9.17, 15) is 22.4 Å². The van der Waals surface area contributed by atoms with Gasteiger partial charge in [-0.2, -0.15) is 13.2 Å². The number of amides is 1. The highest BCUT2D eigenvalue weighted by molar-refractivity contribution is 6.11. The molecule has 1 aliphatic heterocycles. The highest BCUT2D eigenvalue weighted by atomic mass is 19.4. The van der Waals surface area contributed by atoms with Gasteiger partial charge in [-0.15, -0.1) is 0 Å². The number of hydrogen-bond acceptors (Lipinski definition) is 4. The van der Waals surface area contributed by atoms with E-state index in [1.54, 1.807) is 36.4 Å². The zero-order valence-electron chi connectivity index (χ0n) is 18.2. The van der Waals surface area contributed by atoms with Gasteiger partial charge in [0.05, 0.1) is 16.6 Å². The minimum Gasteiger partial charge on any atom is -0.489 e. The summed E-state index contributed by atoms with van der Waals surface area (Å²) in [7, 11) is 0. The molecule has 35 heavy (non-hydrogen) atoms. The van der Waals surface area contributed by atoms with Crippen molar-refractivity contribution in [1.82, 2.24) is 15.3 Å². The molecule has 0 aliphatic carbocycles. The third-order valence-electron chi connectivity index (χ3n) is 5.71. The third kappa shape index (κ3) is 4.83. The molecule has 1 fully saturated rings. The maximum atomic E-state index is 13.8. The number of fused-ring (bicyclic) bond motifs is 1. The molecular formula is C25H20F4N4O2. The Morgan fingerprint density at radius 2 is 1.91 bits per heavy atom. The number of nitrogens with zero attached hydrogens (tertiary/aromatic N) is 1. The minimum absolute atomic E-state index is 0.0570. The summed E-state index contributed by atoms with van der Waals surface area (Å²) in [5.41, 5.74) is -0.306. The van der Waals surface area contributed by atoms with Crippen LogP contribution in [0, 0.1) is 5.82 Å². The number of rotatable bonds is 5. The first-order valence-corrected chi connectivity index (χ1v) is 10.9. The predicted molar refractivity (Wildman–Crippen MR) is 123 cm³/mol. The lowest BCUT2D eigenvalue weighted by Gasteiger charge is -2.13. The van der Waals surface area contributed by atoms with Crippen LogP contribution in [0.1, 0.15) is 22.3 Å². The Balaban J connectivity index is 1.45. The summed E-state index contributed by atoms with van der Waals surface area (Å²) in [5, 5.41) is 6.00. The SMILES string of the molecule is O=C(Nc1cccc(OC2CCNC2)c1)c1cccc2[nH]c(-c3cc(F)ccc3C(F)(F)F)nc12. The summed E-state index contributed by atoms with van der Waals surface area (Å²) in [5.74, 6) is -0.902. The Bertz CT molecular complexity index is 1390. The van der Waals surface area contributed by atoms with Crippen molar-refractivity contribution in [3.8, 4) is 17.1 Å². The Hall–Kier alpha value is -3.92. The van der Waals surface area contributed by atoms with Gasteiger partial charge in [-0.3, -0.25) is 4.79 Å². The maximum absolute atomic E-state index is 13.8. The second-order valence-corrected chi connectivity index (χ2v) is 8.19. The van der Waals surface area contributed by atoms with Crippen LogP contribution in [0.15, 0.2) is 60.7 Å². The normalized spacial score (nSPS) is 15.9. The summed E-state index contributed by atoms with van der Waals surface area (Å²) in [6.07, 6.45) is -3.76. The van der Waals surface area contributed by atoms with Crippen LogP contribution in [-0.2, 0) is 6.18 Å². The topological polar surface area (TPSA) is 79.0 Å².